The van der Waals surface area contributed by atoms with Gasteiger partial charge in [0, 0.05) is 19.3 Å². The van der Waals surface area contributed by atoms with Crippen molar-refractivity contribution < 1.29 is 17.9 Å². The zero-order chi connectivity index (χ0) is 12.9. The van der Waals surface area contributed by atoms with Crippen molar-refractivity contribution in [2.75, 3.05) is 20.2 Å². The van der Waals surface area contributed by atoms with Crippen molar-refractivity contribution in [2.45, 2.75) is 18.2 Å². The van der Waals surface area contributed by atoms with E-state index < -0.39 is 16.0 Å². The SMILES string of the molecule is CCN(CCC(=O)OC)S(=O)(=O)c1cn[nH]c1. The number of nitrogens with zero attached hydrogens (tertiary/aromatic N) is 2. The summed E-state index contributed by atoms with van der Waals surface area (Å²) < 4.78 is 29.8. The van der Waals surface area contributed by atoms with E-state index in [2.05, 4.69) is 14.9 Å². The minimum Gasteiger partial charge on any atom is -0.469 e. The van der Waals surface area contributed by atoms with Crippen molar-refractivity contribution in [1.29, 1.82) is 0 Å². The van der Waals surface area contributed by atoms with Crippen LogP contribution in [0.3, 0.4) is 0 Å². The van der Waals surface area contributed by atoms with Gasteiger partial charge in [-0.1, -0.05) is 6.92 Å². The Morgan fingerprint density at radius 3 is 2.76 bits per heavy atom. The van der Waals surface area contributed by atoms with Gasteiger partial charge in [-0.15, -0.1) is 0 Å². The third kappa shape index (κ3) is 3.27. The molecular weight excluding hydrogens is 246 g/mol. The lowest BCUT2D eigenvalue weighted by Gasteiger charge is -2.18. The lowest BCUT2D eigenvalue weighted by Crippen LogP contribution is -2.32. The van der Waals surface area contributed by atoms with Crippen LogP contribution < -0.4 is 0 Å². The molecule has 0 saturated carbocycles. The highest BCUT2D eigenvalue weighted by molar-refractivity contribution is 7.89. The predicted molar refractivity (Wildman–Crippen MR) is 59.7 cm³/mol. The first-order valence-electron chi connectivity index (χ1n) is 5.08. The average Bonchev–Trinajstić information content (AvgIpc) is 2.83. The molecule has 1 aromatic rings. The van der Waals surface area contributed by atoms with Crippen LogP contribution in [0, 0.1) is 0 Å². The molecule has 0 aliphatic rings. The highest BCUT2D eigenvalue weighted by Gasteiger charge is 2.24. The van der Waals surface area contributed by atoms with Crippen LogP contribution in [0.2, 0.25) is 0 Å². The zero-order valence-electron chi connectivity index (χ0n) is 9.71. The molecule has 7 nitrogen and oxygen atoms in total. The molecule has 0 saturated heterocycles. The molecule has 0 bridgehead atoms. The number of aromatic nitrogens is 2. The van der Waals surface area contributed by atoms with Crippen LogP contribution >= 0.6 is 0 Å². The van der Waals surface area contributed by atoms with E-state index in [4.69, 9.17) is 0 Å². The van der Waals surface area contributed by atoms with Crippen LogP contribution in [0.15, 0.2) is 17.3 Å². The number of H-pyrrole nitrogens is 1. The first-order valence-corrected chi connectivity index (χ1v) is 6.52. The van der Waals surface area contributed by atoms with Gasteiger partial charge in [-0.25, -0.2) is 8.42 Å². The molecule has 0 radical (unpaired) electrons. The van der Waals surface area contributed by atoms with Crippen molar-refractivity contribution in [3.05, 3.63) is 12.4 Å². The van der Waals surface area contributed by atoms with Gasteiger partial charge >= 0.3 is 5.97 Å². The van der Waals surface area contributed by atoms with E-state index in [1.54, 1.807) is 6.92 Å². The minimum absolute atomic E-state index is 0.0292. The highest BCUT2D eigenvalue weighted by atomic mass is 32.2. The molecule has 0 aliphatic carbocycles. The minimum atomic E-state index is -3.58. The third-order valence-corrected chi connectivity index (χ3v) is 4.20. The second-order valence-corrected chi connectivity index (χ2v) is 5.19. The van der Waals surface area contributed by atoms with Crippen LogP contribution in [0.4, 0.5) is 0 Å². The number of esters is 1. The zero-order valence-corrected chi connectivity index (χ0v) is 10.5. The topological polar surface area (TPSA) is 92.4 Å². The molecule has 0 fully saturated rings. The van der Waals surface area contributed by atoms with Crippen molar-refractivity contribution in [3.63, 3.8) is 0 Å². The van der Waals surface area contributed by atoms with Crippen LogP contribution in [0.25, 0.3) is 0 Å². The summed E-state index contributed by atoms with van der Waals surface area (Å²) in [6.45, 7) is 2.08. The van der Waals surface area contributed by atoms with Gasteiger partial charge in [-0.05, 0) is 0 Å². The maximum atomic E-state index is 12.0. The number of sulfonamides is 1. The molecule has 96 valence electrons. The summed E-state index contributed by atoms with van der Waals surface area (Å²) in [5, 5.41) is 6.04. The Hall–Kier alpha value is -1.41. The van der Waals surface area contributed by atoms with E-state index in [1.807, 2.05) is 0 Å². The van der Waals surface area contributed by atoms with Gasteiger partial charge in [0.2, 0.25) is 10.0 Å². The lowest BCUT2D eigenvalue weighted by molar-refractivity contribution is -0.140. The number of carbonyl (C=O) groups excluding carboxylic acids is 1. The smallest absolute Gasteiger partial charge is 0.306 e. The quantitative estimate of drug-likeness (QED) is 0.727. The second kappa shape index (κ2) is 5.78. The number of ether oxygens (including phenoxy) is 1. The molecule has 0 spiro atoms. The van der Waals surface area contributed by atoms with Crippen molar-refractivity contribution >= 4 is 16.0 Å². The van der Waals surface area contributed by atoms with Gasteiger partial charge in [0.05, 0.1) is 19.7 Å². The number of rotatable bonds is 6. The molecule has 8 heteroatoms. The van der Waals surface area contributed by atoms with E-state index in [0.717, 1.165) is 0 Å². The molecule has 1 rings (SSSR count). The molecule has 0 aliphatic heterocycles. The summed E-state index contributed by atoms with van der Waals surface area (Å²) in [4.78, 5) is 11.1. The number of aromatic amines is 1. The Labute approximate surface area is 99.8 Å². The molecule has 0 aromatic carbocycles. The van der Waals surface area contributed by atoms with E-state index >= 15 is 0 Å². The maximum absolute atomic E-state index is 12.0. The van der Waals surface area contributed by atoms with E-state index in [0.29, 0.717) is 0 Å². The molecular formula is C9H15N3O4S. The molecule has 1 heterocycles. The summed E-state index contributed by atoms with van der Waals surface area (Å²) in [6, 6.07) is 0. The van der Waals surface area contributed by atoms with E-state index in [9.17, 15) is 13.2 Å². The average molecular weight is 261 g/mol. The summed E-state index contributed by atoms with van der Waals surface area (Å²) in [5.74, 6) is -0.439. The first kappa shape index (κ1) is 13.7. The fraction of sp³-hybridized carbons (Fsp3) is 0.556. The normalized spacial score (nSPS) is 11.7. The van der Waals surface area contributed by atoms with E-state index in [-0.39, 0.29) is 24.4 Å². The number of hydrogen-bond donors (Lipinski definition) is 1. The summed E-state index contributed by atoms with van der Waals surface area (Å²) >= 11 is 0. The molecule has 17 heavy (non-hydrogen) atoms. The van der Waals surface area contributed by atoms with Crippen molar-refractivity contribution in [2.24, 2.45) is 0 Å². The van der Waals surface area contributed by atoms with Gasteiger partial charge in [0.25, 0.3) is 0 Å². The maximum Gasteiger partial charge on any atom is 0.306 e. The molecule has 1 aromatic heterocycles. The van der Waals surface area contributed by atoms with Gasteiger partial charge in [-0.3, -0.25) is 9.89 Å². The van der Waals surface area contributed by atoms with Crippen LogP contribution in [-0.4, -0.2) is 49.1 Å². The number of hydrogen-bond acceptors (Lipinski definition) is 5. The molecule has 1 N–H and O–H groups in total. The number of nitrogens with one attached hydrogen (secondary N) is 1. The monoisotopic (exact) mass is 261 g/mol. The largest absolute Gasteiger partial charge is 0.469 e. The Morgan fingerprint density at radius 2 is 2.29 bits per heavy atom. The summed E-state index contributed by atoms with van der Waals surface area (Å²) in [6.07, 6.45) is 2.56. The number of methoxy groups -OCH3 is 1. The Balaban J connectivity index is 2.77. The molecule has 0 unspecified atom stereocenters. The van der Waals surface area contributed by atoms with Crippen molar-refractivity contribution in [3.8, 4) is 0 Å². The second-order valence-electron chi connectivity index (χ2n) is 3.26. The summed E-state index contributed by atoms with van der Waals surface area (Å²) in [7, 11) is -2.31. The number of carbonyl (C=O) groups is 1. The van der Waals surface area contributed by atoms with Gasteiger partial charge in [0.1, 0.15) is 4.90 Å². The highest BCUT2D eigenvalue weighted by Crippen LogP contribution is 2.13. The fourth-order valence-corrected chi connectivity index (χ4v) is 2.65. The standard InChI is InChI=1S/C9H15N3O4S/c1-3-12(5-4-9(13)16-2)17(14,15)8-6-10-11-7-8/h6-7H,3-5H2,1-2H3,(H,10,11). The fourth-order valence-electron chi connectivity index (χ4n) is 1.30. The lowest BCUT2D eigenvalue weighted by atomic mass is 10.4. The van der Waals surface area contributed by atoms with Crippen LogP contribution in [0.5, 0.6) is 0 Å². The predicted octanol–water partition coefficient (Wildman–Crippen LogP) is -0.0166. The summed E-state index contributed by atoms with van der Waals surface area (Å²) in [5.41, 5.74) is 0. The Morgan fingerprint density at radius 1 is 1.59 bits per heavy atom. The third-order valence-electron chi connectivity index (χ3n) is 2.26. The molecule has 0 atom stereocenters. The van der Waals surface area contributed by atoms with Gasteiger partial charge in [0.15, 0.2) is 0 Å². The molecule has 0 amide bonds. The van der Waals surface area contributed by atoms with Crippen LogP contribution in [-0.2, 0) is 19.6 Å². The van der Waals surface area contributed by atoms with Crippen molar-refractivity contribution in [1.82, 2.24) is 14.5 Å². The Bertz CT molecular complexity index is 455. The first-order chi connectivity index (χ1) is 8.02. The van der Waals surface area contributed by atoms with Gasteiger partial charge < -0.3 is 4.74 Å². The van der Waals surface area contributed by atoms with E-state index in [1.165, 1.54) is 23.8 Å². The Kier molecular flexibility index (Phi) is 4.64. The van der Waals surface area contributed by atoms with Crippen LogP contribution in [0.1, 0.15) is 13.3 Å². The van der Waals surface area contributed by atoms with Gasteiger partial charge in [-0.2, -0.15) is 9.40 Å².